The predicted molar refractivity (Wildman–Crippen MR) is 79.0 cm³/mol. The van der Waals surface area contributed by atoms with Crippen molar-refractivity contribution in [3.05, 3.63) is 22.4 Å². The number of thiophene rings is 1. The second-order valence-corrected chi connectivity index (χ2v) is 6.36. The normalized spacial score (nSPS) is 19.3. The number of carbonyl (C=O) groups excluding carboxylic acids is 1. The topological polar surface area (TPSA) is 58.4 Å². The number of carbonyl (C=O) groups is 1. The molecule has 0 radical (unpaired) electrons. The maximum Gasteiger partial charge on any atom is 0.236 e. The lowest BCUT2D eigenvalue weighted by molar-refractivity contribution is -0.122. The highest BCUT2D eigenvalue weighted by atomic mass is 32.1. The Morgan fingerprint density at radius 2 is 2.32 bits per heavy atom. The van der Waals surface area contributed by atoms with Crippen LogP contribution in [0, 0.1) is 5.92 Å². The van der Waals surface area contributed by atoms with Crippen molar-refractivity contribution in [1.82, 2.24) is 10.2 Å². The molecule has 0 aliphatic carbocycles. The predicted octanol–water partition coefficient (Wildman–Crippen LogP) is 1.42. The van der Waals surface area contributed by atoms with E-state index < -0.39 is 6.04 Å². The van der Waals surface area contributed by atoms with E-state index in [2.05, 4.69) is 27.7 Å². The summed E-state index contributed by atoms with van der Waals surface area (Å²) in [6.07, 6.45) is 2.31. The third-order valence-electron chi connectivity index (χ3n) is 3.65. The van der Waals surface area contributed by atoms with Gasteiger partial charge in [0.1, 0.15) is 0 Å². The maximum atomic E-state index is 11.4. The van der Waals surface area contributed by atoms with Crippen molar-refractivity contribution in [3.8, 4) is 0 Å². The lowest BCUT2D eigenvalue weighted by Gasteiger charge is -2.31. The molecule has 1 aromatic rings. The number of amides is 1. The molecule has 0 aromatic carbocycles. The van der Waals surface area contributed by atoms with Crippen LogP contribution in [0.1, 0.15) is 24.6 Å². The summed E-state index contributed by atoms with van der Waals surface area (Å²) in [6, 6.07) is 3.90. The highest BCUT2D eigenvalue weighted by molar-refractivity contribution is 7.09. The SMILES string of the molecule is CC(N)C(=O)NCC1CCN(Cc2cccs2)CC1. The van der Waals surface area contributed by atoms with E-state index in [4.69, 9.17) is 5.73 Å². The van der Waals surface area contributed by atoms with Gasteiger partial charge in [0.25, 0.3) is 0 Å². The third-order valence-corrected chi connectivity index (χ3v) is 4.51. The number of rotatable bonds is 5. The summed E-state index contributed by atoms with van der Waals surface area (Å²) in [4.78, 5) is 15.3. The van der Waals surface area contributed by atoms with E-state index in [-0.39, 0.29) is 5.91 Å². The first kappa shape index (κ1) is 14.5. The van der Waals surface area contributed by atoms with E-state index in [0.29, 0.717) is 5.92 Å². The molecule has 5 heteroatoms. The van der Waals surface area contributed by atoms with Crippen molar-refractivity contribution in [2.45, 2.75) is 32.4 Å². The molecular formula is C14H23N3OS. The van der Waals surface area contributed by atoms with E-state index in [9.17, 15) is 4.79 Å². The van der Waals surface area contributed by atoms with E-state index >= 15 is 0 Å². The molecule has 1 aliphatic heterocycles. The molecule has 1 fully saturated rings. The van der Waals surface area contributed by atoms with Crippen LogP contribution in [0.2, 0.25) is 0 Å². The van der Waals surface area contributed by atoms with E-state index in [1.807, 2.05) is 11.3 Å². The van der Waals surface area contributed by atoms with Crippen LogP contribution in [0.4, 0.5) is 0 Å². The van der Waals surface area contributed by atoms with Gasteiger partial charge >= 0.3 is 0 Å². The van der Waals surface area contributed by atoms with Gasteiger partial charge in [-0.3, -0.25) is 9.69 Å². The molecule has 1 aromatic heterocycles. The Morgan fingerprint density at radius 3 is 2.89 bits per heavy atom. The fraction of sp³-hybridized carbons (Fsp3) is 0.643. The maximum absolute atomic E-state index is 11.4. The third kappa shape index (κ3) is 4.60. The Hall–Kier alpha value is -0.910. The first-order chi connectivity index (χ1) is 9.15. The first-order valence-electron chi connectivity index (χ1n) is 6.93. The van der Waals surface area contributed by atoms with Gasteiger partial charge in [-0.05, 0) is 50.2 Å². The zero-order chi connectivity index (χ0) is 13.7. The molecule has 1 atom stereocenters. The van der Waals surface area contributed by atoms with Crippen molar-refractivity contribution < 1.29 is 4.79 Å². The summed E-state index contributed by atoms with van der Waals surface area (Å²) in [7, 11) is 0. The monoisotopic (exact) mass is 281 g/mol. The number of piperidine rings is 1. The summed E-state index contributed by atoms with van der Waals surface area (Å²) in [6.45, 7) is 5.80. The van der Waals surface area contributed by atoms with Gasteiger partial charge in [0.05, 0.1) is 6.04 Å². The quantitative estimate of drug-likeness (QED) is 0.858. The van der Waals surface area contributed by atoms with E-state index in [0.717, 1.165) is 39.0 Å². The average Bonchev–Trinajstić information content (AvgIpc) is 2.90. The van der Waals surface area contributed by atoms with Gasteiger partial charge in [-0.25, -0.2) is 0 Å². The largest absolute Gasteiger partial charge is 0.354 e. The van der Waals surface area contributed by atoms with Crippen LogP contribution in [0.5, 0.6) is 0 Å². The summed E-state index contributed by atoms with van der Waals surface area (Å²) >= 11 is 1.82. The Kier molecular flexibility index (Phi) is 5.36. The standard InChI is InChI=1S/C14H23N3OS/c1-11(15)14(18)16-9-12-4-6-17(7-5-12)10-13-3-2-8-19-13/h2-3,8,11-12H,4-7,9-10,15H2,1H3,(H,16,18). The lowest BCUT2D eigenvalue weighted by Crippen LogP contribution is -2.43. The van der Waals surface area contributed by atoms with Crippen LogP contribution in [-0.2, 0) is 11.3 Å². The highest BCUT2D eigenvalue weighted by Crippen LogP contribution is 2.20. The van der Waals surface area contributed by atoms with Gasteiger partial charge in [0, 0.05) is 18.0 Å². The Labute approximate surface area is 119 Å². The van der Waals surface area contributed by atoms with E-state index in [1.165, 1.54) is 4.88 Å². The average molecular weight is 281 g/mol. The Morgan fingerprint density at radius 1 is 1.58 bits per heavy atom. The van der Waals surface area contributed by atoms with Gasteiger partial charge in [0.2, 0.25) is 5.91 Å². The Bertz CT molecular complexity index is 383. The number of hydrogen-bond donors (Lipinski definition) is 2. The number of nitrogens with two attached hydrogens (primary N) is 1. The van der Waals surface area contributed by atoms with Crippen LogP contribution in [-0.4, -0.2) is 36.5 Å². The molecule has 1 saturated heterocycles. The lowest BCUT2D eigenvalue weighted by atomic mass is 9.96. The molecule has 1 aliphatic rings. The fourth-order valence-electron chi connectivity index (χ4n) is 2.38. The summed E-state index contributed by atoms with van der Waals surface area (Å²) in [5.74, 6) is 0.559. The van der Waals surface area contributed by atoms with Crippen molar-refractivity contribution in [3.63, 3.8) is 0 Å². The first-order valence-corrected chi connectivity index (χ1v) is 7.81. The molecule has 106 valence electrons. The minimum atomic E-state index is -0.404. The number of nitrogens with one attached hydrogen (secondary N) is 1. The number of nitrogens with zero attached hydrogens (tertiary/aromatic N) is 1. The van der Waals surface area contributed by atoms with Crippen LogP contribution in [0.3, 0.4) is 0 Å². The molecule has 0 saturated carbocycles. The molecule has 4 nitrogen and oxygen atoms in total. The minimum absolute atomic E-state index is 0.0407. The molecule has 1 amide bonds. The molecular weight excluding hydrogens is 258 g/mol. The smallest absolute Gasteiger partial charge is 0.236 e. The van der Waals surface area contributed by atoms with Gasteiger partial charge < -0.3 is 11.1 Å². The second-order valence-electron chi connectivity index (χ2n) is 5.33. The number of hydrogen-bond acceptors (Lipinski definition) is 4. The summed E-state index contributed by atoms with van der Waals surface area (Å²) < 4.78 is 0. The zero-order valence-electron chi connectivity index (χ0n) is 11.5. The molecule has 1 unspecified atom stereocenters. The van der Waals surface area contributed by atoms with Crippen LogP contribution in [0.15, 0.2) is 17.5 Å². The fourth-order valence-corrected chi connectivity index (χ4v) is 3.12. The Balaban J connectivity index is 1.66. The van der Waals surface area contributed by atoms with Crippen molar-refractivity contribution in [2.75, 3.05) is 19.6 Å². The van der Waals surface area contributed by atoms with Crippen LogP contribution >= 0.6 is 11.3 Å². The molecule has 0 bridgehead atoms. The van der Waals surface area contributed by atoms with Crippen LogP contribution < -0.4 is 11.1 Å². The summed E-state index contributed by atoms with van der Waals surface area (Å²) in [5, 5.41) is 5.06. The molecule has 3 N–H and O–H groups in total. The second kappa shape index (κ2) is 7.03. The van der Waals surface area contributed by atoms with Gasteiger partial charge in [-0.2, -0.15) is 0 Å². The summed E-state index contributed by atoms with van der Waals surface area (Å²) in [5.41, 5.74) is 5.53. The van der Waals surface area contributed by atoms with Gasteiger partial charge in [0.15, 0.2) is 0 Å². The molecule has 0 spiro atoms. The van der Waals surface area contributed by atoms with Crippen LogP contribution in [0.25, 0.3) is 0 Å². The van der Waals surface area contributed by atoms with Crippen molar-refractivity contribution in [2.24, 2.45) is 11.7 Å². The molecule has 2 heterocycles. The zero-order valence-corrected chi connectivity index (χ0v) is 12.3. The molecule has 2 rings (SSSR count). The van der Waals surface area contributed by atoms with Gasteiger partial charge in [-0.15, -0.1) is 11.3 Å². The van der Waals surface area contributed by atoms with Crippen molar-refractivity contribution >= 4 is 17.2 Å². The van der Waals surface area contributed by atoms with Gasteiger partial charge in [-0.1, -0.05) is 6.07 Å². The minimum Gasteiger partial charge on any atom is -0.354 e. The highest BCUT2D eigenvalue weighted by Gasteiger charge is 2.20. The van der Waals surface area contributed by atoms with Crippen molar-refractivity contribution in [1.29, 1.82) is 0 Å². The van der Waals surface area contributed by atoms with E-state index in [1.54, 1.807) is 6.92 Å². The molecule has 19 heavy (non-hydrogen) atoms. The number of likely N-dealkylation sites (tertiary alicyclic amines) is 1.